The second-order valence-corrected chi connectivity index (χ2v) is 16.4. The molecule has 0 aliphatic carbocycles. The van der Waals surface area contributed by atoms with E-state index < -0.39 is 20.3 Å². The molecule has 0 bridgehead atoms. The number of aliphatic imine (C=N–C) groups is 1. The van der Waals surface area contributed by atoms with Crippen molar-refractivity contribution in [2.45, 2.75) is 31.7 Å². The topological polar surface area (TPSA) is 40.4 Å². The summed E-state index contributed by atoms with van der Waals surface area (Å²) in [5.74, 6) is -0.261. The molecule has 0 spiro atoms. The Bertz CT molecular complexity index is 1910. The summed E-state index contributed by atoms with van der Waals surface area (Å²) in [6.07, 6.45) is 11.7. The highest BCUT2D eigenvalue weighted by Gasteiger charge is 2.47. The molecule has 50 heavy (non-hydrogen) atoms. The lowest BCUT2D eigenvalue weighted by Crippen LogP contribution is -2.56. The quantitative estimate of drug-likeness (QED) is 0.0428. The Balaban J connectivity index is 1.07. The van der Waals surface area contributed by atoms with Crippen molar-refractivity contribution in [2.75, 3.05) is 12.7 Å². The number of allylic oxidation sites excluding steroid dienone is 3. The predicted octanol–water partition coefficient (Wildman–Crippen LogP) is 8.56. The monoisotopic (exact) mass is 682 g/mol. The van der Waals surface area contributed by atoms with E-state index in [-0.39, 0.29) is 18.7 Å². The molecule has 1 aromatic heterocycles. The third kappa shape index (κ3) is 6.75. The molecule has 4 aromatic carbocycles. The average Bonchev–Trinajstić information content (AvgIpc) is 3.78. The van der Waals surface area contributed by atoms with Crippen LogP contribution in [0.3, 0.4) is 0 Å². The van der Waals surface area contributed by atoms with Crippen molar-refractivity contribution in [1.82, 2.24) is 9.29 Å². The molecule has 0 N–H and O–H groups in total. The van der Waals surface area contributed by atoms with Gasteiger partial charge in [-0.25, -0.2) is 4.99 Å². The van der Waals surface area contributed by atoms with Crippen LogP contribution >= 0.6 is 7.26 Å². The van der Waals surface area contributed by atoms with Gasteiger partial charge in [0.25, 0.3) is 0 Å². The van der Waals surface area contributed by atoms with Gasteiger partial charge in [-0.05, 0) is 90.8 Å². The maximum absolute atomic E-state index is 16.4. The van der Waals surface area contributed by atoms with Gasteiger partial charge >= 0.3 is 6.97 Å². The molecule has 8 heteroatoms. The van der Waals surface area contributed by atoms with E-state index in [1.807, 2.05) is 78.9 Å². The van der Waals surface area contributed by atoms with Crippen LogP contribution in [0.5, 0.6) is 0 Å². The molecular weight excluding hydrogens is 642 g/mol. The fourth-order valence-corrected chi connectivity index (χ4v) is 11.6. The molecule has 3 heterocycles. The van der Waals surface area contributed by atoms with E-state index in [1.165, 1.54) is 25.2 Å². The summed E-state index contributed by atoms with van der Waals surface area (Å²) >= 11 is 0. The standard InChI is InChI=1S/C42H40BF2N3OP/c44-43(45)47-35(18-14-13-17-34-15-5-1-6-16-34)25-27-37(47)33-38-28-26-36(48(38)43)29-30-42(49)46-31-32-50(39-19-7-2-8-20-39,40-21-9-3-10-22-40)41-23-11-4-12-24-41/h1-24,26,28,33,35H,25,27,29-32H2/b17-13+,18-14+,46-42?. The molecule has 1 fully saturated rings. The molecule has 1 atom stereocenters. The lowest BCUT2D eigenvalue weighted by atomic mass is 9.87. The Morgan fingerprint density at radius 2 is 1.36 bits per heavy atom. The predicted molar refractivity (Wildman–Crippen MR) is 207 cm³/mol. The summed E-state index contributed by atoms with van der Waals surface area (Å²) in [7, 11) is -2.12. The largest absolute Gasteiger partial charge is 0.529 e. The SMILES string of the molecule is [O]C(CCc1ccc2n1[B-](F)(F)N1C(=C2)CCC1/C=C/C=C/c1ccccc1)=NCC[P+](c1ccccc1)(c1ccccc1)c1ccccc1. The number of rotatable bonds is 12. The van der Waals surface area contributed by atoms with Gasteiger partial charge in [-0.15, -0.1) is 0 Å². The third-order valence-corrected chi connectivity index (χ3v) is 14.2. The van der Waals surface area contributed by atoms with E-state index in [0.29, 0.717) is 42.6 Å². The zero-order valence-corrected chi connectivity index (χ0v) is 28.8. The van der Waals surface area contributed by atoms with Crippen LogP contribution in [0, 0.1) is 0 Å². The molecule has 0 saturated carbocycles. The first-order valence-corrected chi connectivity index (χ1v) is 19.3. The fraction of sp³-hybridized carbons (Fsp3) is 0.167. The molecule has 2 aliphatic rings. The molecule has 0 amide bonds. The summed E-state index contributed by atoms with van der Waals surface area (Å²) in [6, 6.07) is 44.5. The van der Waals surface area contributed by atoms with Crippen LogP contribution < -0.4 is 15.9 Å². The molecule has 4 nitrogen and oxygen atoms in total. The van der Waals surface area contributed by atoms with Crippen molar-refractivity contribution in [3.05, 3.63) is 174 Å². The van der Waals surface area contributed by atoms with Crippen LogP contribution in [0.25, 0.3) is 12.2 Å². The third-order valence-electron chi connectivity index (χ3n) is 9.82. The van der Waals surface area contributed by atoms with Gasteiger partial charge < -0.3 is 17.9 Å². The zero-order chi connectivity index (χ0) is 34.4. The number of hydrogen-bond acceptors (Lipinski definition) is 2. The van der Waals surface area contributed by atoms with Crippen molar-refractivity contribution in [3.8, 4) is 0 Å². The highest BCUT2D eigenvalue weighted by atomic mass is 31.2. The van der Waals surface area contributed by atoms with Crippen molar-refractivity contribution >= 4 is 48.2 Å². The summed E-state index contributed by atoms with van der Waals surface area (Å²) in [5.41, 5.74) is 2.69. The van der Waals surface area contributed by atoms with Crippen molar-refractivity contribution < 1.29 is 13.7 Å². The van der Waals surface area contributed by atoms with E-state index in [9.17, 15) is 5.11 Å². The molecular formula is C42H40BF2N3OP. The van der Waals surface area contributed by atoms with Crippen LogP contribution in [-0.4, -0.2) is 40.9 Å². The minimum atomic E-state index is -4.08. The van der Waals surface area contributed by atoms with Gasteiger partial charge in [-0.1, -0.05) is 109 Å². The molecule has 1 unspecified atom stereocenters. The Kier molecular flexibility index (Phi) is 9.96. The highest BCUT2D eigenvalue weighted by molar-refractivity contribution is 7.95. The highest BCUT2D eigenvalue weighted by Crippen LogP contribution is 2.55. The van der Waals surface area contributed by atoms with Crippen LogP contribution in [0.2, 0.25) is 0 Å². The molecule has 251 valence electrons. The van der Waals surface area contributed by atoms with Crippen LogP contribution in [0.15, 0.2) is 162 Å². The number of halogens is 2. The van der Waals surface area contributed by atoms with Crippen molar-refractivity contribution in [2.24, 2.45) is 4.99 Å². The maximum Gasteiger partial charge on any atom is 0.529 e. The van der Waals surface area contributed by atoms with E-state index in [0.717, 1.165) is 5.56 Å². The Morgan fingerprint density at radius 3 is 1.96 bits per heavy atom. The van der Waals surface area contributed by atoms with Crippen molar-refractivity contribution in [3.63, 3.8) is 0 Å². The second kappa shape index (κ2) is 14.9. The Labute approximate surface area is 294 Å². The number of nitrogens with zero attached hydrogens (tertiary/aromatic N) is 3. The first-order valence-electron chi connectivity index (χ1n) is 17.3. The lowest BCUT2D eigenvalue weighted by molar-refractivity contribution is 0.356. The number of fused-ring (bicyclic) bond motifs is 2. The van der Waals surface area contributed by atoms with Crippen molar-refractivity contribution in [1.29, 1.82) is 0 Å². The van der Waals surface area contributed by atoms with Crippen LogP contribution in [0.1, 0.15) is 36.2 Å². The fourth-order valence-electron chi connectivity index (χ4n) is 7.49. The smallest absolute Gasteiger partial charge is 0.468 e. The number of aromatic nitrogens is 1. The van der Waals surface area contributed by atoms with Gasteiger partial charge in [0.2, 0.25) is 5.90 Å². The Morgan fingerprint density at radius 1 is 0.780 bits per heavy atom. The molecule has 1 saturated heterocycles. The second-order valence-electron chi connectivity index (χ2n) is 12.8. The normalized spacial score (nSPS) is 17.2. The van der Waals surface area contributed by atoms with Crippen LogP contribution in [-0.2, 0) is 11.5 Å². The van der Waals surface area contributed by atoms with E-state index in [2.05, 4.69) is 77.8 Å². The van der Waals surface area contributed by atoms with Gasteiger partial charge in [-0.2, -0.15) is 0 Å². The molecule has 7 rings (SSSR count). The van der Waals surface area contributed by atoms with Gasteiger partial charge in [0.05, 0.1) is 12.7 Å². The summed E-state index contributed by atoms with van der Waals surface area (Å²) in [4.78, 5) is 5.82. The minimum Gasteiger partial charge on any atom is -0.468 e. The number of benzene rings is 4. The Hall–Kier alpha value is -5.00. The molecule has 2 aliphatic heterocycles. The van der Waals surface area contributed by atoms with E-state index in [4.69, 9.17) is 0 Å². The lowest BCUT2D eigenvalue weighted by Gasteiger charge is -2.47. The molecule has 5 aromatic rings. The maximum atomic E-state index is 16.4. The van der Waals surface area contributed by atoms with Gasteiger partial charge in [0.15, 0.2) is 0 Å². The summed E-state index contributed by atoms with van der Waals surface area (Å²) in [6.45, 7) is -3.73. The van der Waals surface area contributed by atoms with Crippen LogP contribution in [0.4, 0.5) is 8.63 Å². The minimum absolute atomic E-state index is 0.0766. The van der Waals surface area contributed by atoms with Gasteiger partial charge in [0.1, 0.15) is 23.2 Å². The summed E-state index contributed by atoms with van der Waals surface area (Å²) in [5, 5.41) is 17.0. The molecule has 1 radical (unpaired) electrons. The van der Waals surface area contributed by atoms with Gasteiger partial charge in [-0.3, -0.25) is 5.11 Å². The first kappa shape index (κ1) is 33.5. The first-order chi connectivity index (χ1) is 24.5. The summed E-state index contributed by atoms with van der Waals surface area (Å²) < 4.78 is 33.9. The number of hydrogen-bond donors (Lipinski definition) is 0. The number of aryl methyl sites for hydroxylation is 1. The van der Waals surface area contributed by atoms with E-state index in [1.54, 1.807) is 12.1 Å². The van der Waals surface area contributed by atoms with E-state index >= 15 is 8.63 Å². The average molecular weight is 683 g/mol. The van der Waals surface area contributed by atoms with Gasteiger partial charge in [0, 0.05) is 18.2 Å². The zero-order valence-electron chi connectivity index (χ0n) is 27.9.